The Labute approximate surface area is 145 Å². The molecule has 1 aliphatic heterocycles. The van der Waals surface area contributed by atoms with Gasteiger partial charge in [-0.1, -0.05) is 35.9 Å². The number of morpholine rings is 1. The van der Waals surface area contributed by atoms with Gasteiger partial charge in [-0.25, -0.2) is 0 Å². The summed E-state index contributed by atoms with van der Waals surface area (Å²) in [6, 6.07) is 14.8. The van der Waals surface area contributed by atoms with Crippen molar-refractivity contribution in [1.82, 2.24) is 5.32 Å². The number of rotatable bonds is 5. The van der Waals surface area contributed by atoms with E-state index in [1.165, 1.54) is 0 Å². The number of ether oxygens (including phenoxy) is 2. The lowest BCUT2D eigenvalue weighted by Crippen LogP contribution is -2.45. The smallest absolute Gasteiger partial charge is 0.254 e. The summed E-state index contributed by atoms with van der Waals surface area (Å²) in [5.41, 5.74) is 1.59. The second-order valence-corrected chi connectivity index (χ2v) is 5.90. The molecular formula is C18H19ClN2O3. The van der Waals surface area contributed by atoms with E-state index >= 15 is 0 Å². The minimum atomic E-state index is -0.486. The van der Waals surface area contributed by atoms with Crippen molar-refractivity contribution >= 4 is 23.2 Å². The Bertz CT molecular complexity index is 702. The van der Waals surface area contributed by atoms with Gasteiger partial charge >= 0.3 is 0 Å². The van der Waals surface area contributed by atoms with Crippen LogP contribution in [0.3, 0.4) is 0 Å². The molecule has 0 bridgehead atoms. The number of nitrogens with one attached hydrogen (secondary N) is 2. The van der Waals surface area contributed by atoms with Gasteiger partial charge in [0, 0.05) is 18.1 Å². The topological polar surface area (TPSA) is 59.6 Å². The van der Waals surface area contributed by atoms with E-state index in [0.717, 1.165) is 12.1 Å². The van der Waals surface area contributed by atoms with E-state index in [4.69, 9.17) is 21.1 Å². The first-order valence-electron chi connectivity index (χ1n) is 7.82. The molecule has 1 saturated heterocycles. The number of carbonyl (C=O) groups is 1. The number of benzene rings is 2. The van der Waals surface area contributed by atoms with E-state index in [9.17, 15) is 4.79 Å². The summed E-state index contributed by atoms with van der Waals surface area (Å²) in [6.45, 7) is 2.18. The number of hydrogen-bond acceptors (Lipinski definition) is 4. The van der Waals surface area contributed by atoms with Gasteiger partial charge in [0.05, 0.1) is 12.3 Å². The standard InChI is InChI=1S/C18H19ClN2O3/c19-14-5-3-4-13(10-14)12-24-16-7-2-1-6-15(16)21-18(22)17-11-20-8-9-23-17/h1-7,10,17,20H,8-9,11-12H2,(H,21,22). The van der Waals surface area contributed by atoms with Gasteiger partial charge in [0.25, 0.3) is 5.91 Å². The average molecular weight is 347 g/mol. The van der Waals surface area contributed by atoms with Crippen LogP contribution in [0.2, 0.25) is 5.02 Å². The van der Waals surface area contributed by atoms with Gasteiger partial charge in [-0.05, 0) is 29.8 Å². The molecule has 5 nitrogen and oxygen atoms in total. The molecule has 0 spiro atoms. The van der Waals surface area contributed by atoms with Crippen LogP contribution in [0.4, 0.5) is 5.69 Å². The summed E-state index contributed by atoms with van der Waals surface area (Å²) in [5.74, 6) is 0.426. The first-order chi connectivity index (χ1) is 11.7. The Morgan fingerprint density at radius 3 is 2.96 bits per heavy atom. The molecule has 1 fully saturated rings. The number of anilines is 1. The third-order valence-electron chi connectivity index (χ3n) is 3.65. The monoisotopic (exact) mass is 346 g/mol. The predicted octanol–water partition coefficient (Wildman–Crippen LogP) is 2.85. The molecule has 0 saturated carbocycles. The van der Waals surface area contributed by atoms with Crippen LogP contribution in [0.1, 0.15) is 5.56 Å². The molecule has 1 unspecified atom stereocenters. The van der Waals surface area contributed by atoms with Crippen LogP contribution in [-0.2, 0) is 16.1 Å². The van der Waals surface area contributed by atoms with Crippen molar-refractivity contribution in [3.05, 3.63) is 59.1 Å². The SMILES string of the molecule is O=C(Nc1ccccc1OCc1cccc(Cl)c1)C1CNCCO1. The Balaban J connectivity index is 1.65. The lowest BCUT2D eigenvalue weighted by molar-refractivity contribution is -0.128. The fraction of sp³-hybridized carbons (Fsp3) is 0.278. The summed E-state index contributed by atoms with van der Waals surface area (Å²) in [5, 5.41) is 6.68. The third kappa shape index (κ3) is 4.47. The van der Waals surface area contributed by atoms with Gasteiger partial charge in [0.1, 0.15) is 18.5 Å². The largest absolute Gasteiger partial charge is 0.487 e. The van der Waals surface area contributed by atoms with Gasteiger partial charge in [-0.2, -0.15) is 0 Å². The summed E-state index contributed by atoms with van der Waals surface area (Å²) < 4.78 is 11.3. The Morgan fingerprint density at radius 2 is 2.17 bits per heavy atom. The van der Waals surface area contributed by atoms with Crippen molar-refractivity contribution in [3.63, 3.8) is 0 Å². The lowest BCUT2D eigenvalue weighted by atomic mass is 10.2. The Morgan fingerprint density at radius 1 is 1.29 bits per heavy atom. The molecule has 3 rings (SSSR count). The molecule has 2 N–H and O–H groups in total. The second kappa shape index (κ2) is 8.15. The van der Waals surface area contributed by atoms with Gasteiger partial charge < -0.3 is 20.1 Å². The molecule has 2 aromatic rings. The maximum absolute atomic E-state index is 12.3. The number of hydrogen-bond donors (Lipinski definition) is 2. The van der Waals surface area contributed by atoms with Crippen molar-refractivity contribution in [3.8, 4) is 5.75 Å². The Kier molecular flexibility index (Phi) is 5.69. The predicted molar refractivity (Wildman–Crippen MR) is 93.5 cm³/mol. The van der Waals surface area contributed by atoms with Crippen LogP contribution < -0.4 is 15.4 Å². The summed E-state index contributed by atoms with van der Waals surface area (Å²) >= 11 is 5.98. The number of carbonyl (C=O) groups excluding carboxylic acids is 1. The first kappa shape index (κ1) is 16.8. The van der Waals surface area contributed by atoms with Crippen molar-refractivity contribution in [2.45, 2.75) is 12.7 Å². The molecule has 1 heterocycles. The molecule has 1 aliphatic rings. The highest BCUT2D eigenvalue weighted by molar-refractivity contribution is 6.30. The highest BCUT2D eigenvalue weighted by atomic mass is 35.5. The van der Waals surface area contributed by atoms with E-state index < -0.39 is 6.10 Å². The maximum atomic E-state index is 12.3. The molecule has 2 aromatic carbocycles. The fourth-order valence-corrected chi connectivity index (χ4v) is 2.64. The summed E-state index contributed by atoms with van der Waals surface area (Å²) in [7, 11) is 0. The highest BCUT2D eigenvalue weighted by Crippen LogP contribution is 2.25. The Hall–Kier alpha value is -2.08. The van der Waals surface area contributed by atoms with Crippen molar-refractivity contribution in [2.24, 2.45) is 0 Å². The van der Waals surface area contributed by atoms with Crippen LogP contribution in [0, 0.1) is 0 Å². The van der Waals surface area contributed by atoms with Crippen LogP contribution in [0.15, 0.2) is 48.5 Å². The van der Waals surface area contributed by atoms with Gasteiger partial charge in [0.15, 0.2) is 0 Å². The molecule has 1 atom stereocenters. The molecule has 0 radical (unpaired) electrons. The van der Waals surface area contributed by atoms with Crippen LogP contribution in [0.5, 0.6) is 5.75 Å². The summed E-state index contributed by atoms with van der Waals surface area (Å²) in [4.78, 5) is 12.3. The third-order valence-corrected chi connectivity index (χ3v) is 3.88. The zero-order chi connectivity index (χ0) is 16.8. The van der Waals surface area contributed by atoms with Gasteiger partial charge in [0.2, 0.25) is 0 Å². The van der Waals surface area contributed by atoms with Gasteiger partial charge in [-0.3, -0.25) is 4.79 Å². The molecule has 1 amide bonds. The van der Waals surface area contributed by atoms with E-state index in [0.29, 0.717) is 36.2 Å². The molecule has 126 valence electrons. The first-order valence-corrected chi connectivity index (χ1v) is 8.19. The van der Waals surface area contributed by atoms with Crippen molar-refractivity contribution in [1.29, 1.82) is 0 Å². The molecular weight excluding hydrogens is 328 g/mol. The van der Waals surface area contributed by atoms with Crippen molar-refractivity contribution < 1.29 is 14.3 Å². The number of amides is 1. The normalized spacial score (nSPS) is 17.3. The molecule has 0 aromatic heterocycles. The zero-order valence-electron chi connectivity index (χ0n) is 13.1. The number of para-hydroxylation sites is 2. The van der Waals surface area contributed by atoms with E-state index in [1.807, 2.05) is 48.5 Å². The molecule has 6 heteroatoms. The minimum absolute atomic E-state index is 0.180. The van der Waals surface area contributed by atoms with Crippen molar-refractivity contribution in [2.75, 3.05) is 25.0 Å². The average Bonchev–Trinajstić information content (AvgIpc) is 2.62. The van der Waals surface area contributed by atoms with Gasteiger partial charge in [-0.15, -0.1) is 0 Å². The van der Waals surface area contributed by atoms with E-state index in [1.54, 1.807) is 0 Å². The lowest BCUT2D eigenvalue weighted by Gasteiger charge is -2.23. The minimum Gasteiger partial charge on any atom is -0.487 e. The second-order valence-electron chi connectivity index (χ2n) is 5.47. The van der Waals surface area contributed by atoms with Crippen LogP contribution in [-0.4, -0.2) is 31.7 Å². The highest BCUT2D eigenvalue weighted by Gasteiger charge is 2.22. The van der Waals surface area contributed by atoms with E-state index in [-0.39, 0.29) is 5.91 Å². The zero-order valence-corrected chi connectivity index (χ0v) is 13.9. The summed E-state index contributed by atoms with van der Waals surface area (Å²) in [6.07, 6.45) is -0.486. The van der Waals surface area contributed by atoms with Crippen LogP contribution in [0.25, 0.3) is 0 Å². The fourth-order valence-electron chi connectivity index (χ4n) is 2.43. The number of halogens is 1. The molecule has 0 aliphatic carbocycles. The van der Waals surface area contributed by atoms with Crippen LogP contribution >= 0.6 is 11.6 Å². The quantitative estimate of drug-likeness (QED) is 0.874. The molecule has 24 heavy (non-hydrogen) atoms. The van der Waals surface area contributed by atoms with E-state index in [2.05, 4.69) is 10.6 Å². The maximum Gasteiger partial charge on any atom is 0.254 e.